The van der Waals surface area contributed by atoms with Crippen molar-refractivity contribution in [2.75, 3.05) is 14.2 Å². The van der Waals surface area contributed by atoms with Gasteiger partial charge in [0.1, 0.15) is 0 Å². The minimum absolute atomic E-state index is 0.471. The highest BCUT2D eigenvalue weighted by atomic mass is 16.5. The molecule has 2 aromatic rings. The van der Waals surface area contributed by atoms with Gasteiger partial charge in [-0.15, -0.1) is 0 Å². The van der Waals surface area contributed by atoms with Crippen LogP contribution in [0.5, 0.6) is 11.5 Å². The number of hydrogen-bond acceptors (Lipinski definition) is 3. The van der Waals surface area contributed by atoms with Gasteiger partial charge in [0, 0.05) is 0 Å². The molecule has 0 heterocycles. The molecule has 0 aromatic heterocycles. The van der Waals surface area contributed by atoms with Crippen LogP contribution in [-0.2, 0) is 0 Å². The number of aldehydes is 1. The van der Waals surface area contributed by atoms with Crippen LogP contribution >= 0.6 is 0 Å². The Labute approximate surface area is 112 Å². The number of carbonyl (C=O) groups excluding carboxylic acids is 1. The Morgan fingerprint density at radius 1 is 0.947 bits per heavy atom. The first-order valence-corrected chi connectivity index (χ1v) is 5.99. The molecule has 0 aliphatic rings. The van der Waals surface area contributed by atoms with Gasteiger partial charge in [0.25, 0.3) is 0 Å². The van der Waals surface area contributed by atoms with Gasteiger partial charge in [-0.25, -0.2) is 0 Å². The fraction of sp³-hybridized carbons (Fsp3) is 0.188. The Kier molecular flexibility index (Phi) is 3.85. The number of benzene rings is 2. The van der Waals surface area contributed by atoms with Crippen molar-refractivity contribution >= 4 is 6.29 Å². The van der Waals surface area contributed by atoms with Gasteiger partial charge in [0.2, 0.25) is 0 Å². The third-order valence-electron chi connectivity index (χ3n) is 3.14. The molecule has 0 aliphatic carbocycles. The maximum Gasteiger partial charge on any atom is 0.171 e. The summed E-state index contributed by atoms with van der Waals surface area (Å²) >= 11 is 0. The van der Waals surface area contributed by atoms with Gasteiger partial charge in [0.05, 0.1) is 19.8 Å². The number of aryl methyl sites for hydroxylation is 1. The summed E-state index contributed by atoms with van der Waals surface area (Å²) in [7, 11) is 3.09. The van der Waals surface area contributed by atoms with Gasteiger partial charge in [-0.1, -0.05) is 24.3 Å². The van der Waals surface area contributed by atoms with E-state index in [0.717, 1.165) is 23.0 Å². The zero-order valence-corrected chi connectivity index (χ0v) is 11.3. The van der Waals surface area contributed by atoms with Crippen molar-refractivity contribution in [3.05, 3.63) is 47.5 Å². The first kappa shape index (κ1) is 13.1. The molecule has 0 spiro atoms. The van der Waals surface area contributed by atoms with E-state index in [-0.39, 0.29) is 0 Å². The van der Waals surface area contributed by atoms with Crippen molar-refractivity contribution in [2.24, 2.45) is 0 Å². The van der Waals surface area contributed by atoms with Crippen molar-refractivity contribution in [3.8, 4) is 22.6 Å². The maximum atomic E-state index is 11.4. The van der Waals surface area contributed by atoms with E-state index < -0.39 is 0 Å². The molecule has 0 radical (unpaired) electrons. The Morgan fingerprint density at radius 3 is 2.26 bits per heavy atom. The average molecular weight is 256 g/mol. The van der Waals surface area contributed by atoms with Crippen LogP contribution in [0.15, 0.2) is 36.4 Å². The lowest BCUT2D eigenvalue weighted by Gasteiger charge is -2.14. The Morgan fingerprint density at radius 2 is 1.68 bits per heavy atom. The van der Waals surface area contributed by atoms with Crippen molar-refractivity contribution in [3.63, 3.8) is 0 Å². The van der Waals surface area contributed by atoms with Crippen LogP contribution < -0.4 is 9.47 Å². The normalized spacial score (nSPS) is 10.1. The molecule has 98 valence electrons. The highest BCUT2D eigenvalue weighted by Gasteiger charge is 2.16. The standard InChI is InChI=1S/C16H16O3/c1-11-6-4-5-7-12(11)13-8-9-15(18-2)16(19-3)14(13)10-17/h4-10H,1-3H3. The molecule has 0 fully saturated rings. The van der Waals surface area contributed by atoms with E-state index >= 15 is 0 Å². The quantitative estimate of drug-likeness (QED) is 0.785. The molecule has 0 amide bonds. The van der Waals surface area contributed by atoms with Crippen LogP contribution in [0.1, 0.15) is 15.9 Å². The molecule has 0 atom stereocenters. The van der Waals surface area contributed by atoms with Crippen molar-refractivity contribution in [1.82, 2.24) is 0 Å². The van der Waals surface area contributed by atoms with Gasteiger partial charge in [-0.3, -0.25) is 4.79 Å². The van der Waals surface area contributed by atoms with E-state index in [0.29, 0.717) is 17.1 Å². The average Bonchev–Trinajstić information content (AvgIpc) is 2.46. The number of hydrogen-bond donors (Lipinski definition) is 0. The SMILES string of the molecule is COc1ccc(-c2ccccc2C)c(C=O)c1OC. The van der Waals surface area contributed by atoms with Gasteiger partial charge in [0.15, 0.2) is 17.8 Å². The fourth-order valence-electron chi connectivity index (χ4n) is 2.18. The lowest BCUT2D eigenvalue weighted by molar-refractivity contribution is 0.112. The summed E-state index contributed by atoms with van der Waals surface area (Å²) in [5.41, 5.74) is 3.49. The molecule has 0 saturated carbocycles. The molecule has 0 aliphatic heterocycles. The second kappa shape index (κ2) is 5.57. The summed E-state index contributed by atoms with van der Waals surface area (Å²) in [4.78, 5) is 11.4. The summed E-state index contributed by atoms with van der Waals surface area (Å²) in [5.74, 6) is 1.03. The van der Waals surface area contributed by atoms with Crippen LogP contribution in [0.3, 0.4) is 0 Å². The molecular formula is C16H16O3. The summed E-state index contributed by atoms with van der Waals surface area (Å²) in [6, 6.07) is 11.6. The molecule has 3 nitrogen and oxygen atoms in total. The highest BCUT2D eigenvalue weighted by Crippen LogP contribution is 2.37. The maximum absolute atomic E-state index is 11.4. The predicted octanol–water partition coefficient (Wildman–Crippen LogP) is 3.49. The van der Waals surface area contributed by atoms with Gasteiger partial charge in [-0.05, 0) is 35.7 Å². The third-order valence-corrected chi connectivity index (χ3v) is 3.14. The minimum Gasteiger partial charge on any atom is -0.493 e. The third kappa shape index (κ3) is 2.32. The smallest absolute Gasteiger partial charge is 0.171 e. The number of rotatable bonds is 4. The summed E-state index contributed by atoms with van der Waals surface area (Å²) in [5, 5.41) is 0. The monoisotopic (exact) mass is 256 g/mol. The molecule has 0 saturated heterocycles. The second-order valence-corrected chi connectivity index (χ2v) is 4.20. The minimum atomic E-state index is 0.471. The number of methoxy groups -OCH3 is 2. The van der Waals surface area contributed by atoms with Gasteiger partial charge in [-0.2, -0.15) is 0 Å². The second-order valence-electron chi connectivity index (χ2n) is 4.20. The van der Waals surface area contributed by atoms with Gasteiger partial charge < -0.3 is 9.47 Å². The van der Waals surface area contributed by atoms with E-state index in [1.54, 1.807) is 7.11 Å². The van der Waals surface area contributed by atoms with Crippen molar-refractivity contribution in [1.29, 1.82) is 0 Å². The molecule has 2 aromatic carbocycles. The molecule has 0 bridgehead atoms. The molecule has 19 heavy (non-hydrogen) atoms. The van der Waals surface area contributed by atoms with Crippen LogP contribution in [0.4, 0.5) is 0 Å². The highest BCUT2D eigenvalue weighted by molar-refractivity contribution is 5.93. The summed E-state index contributed by atoms with van der Waals surface area (Å²) < 4.78 is 10.5. The molecule has 0 N–H and O–H groups in total. The zero-order valence-electron chi connectivity index (χ0n) is 11.3. The van der Waals surface area contributed by atoms with Crippen LogP contribution in [0.2, 0.25) is 0 Å². The summed E-state index contributed by atoms with van der Waals surface area (Å²) in [6.07, 6.45) is 0.809. The van der Waals surface area contributed by atoms with Crippen molar-refractivity contribution < 1.29 is 14.3 Å². The van der Waals surface area contributed by atoms with Crippen LogP contribution in [0, 0.1) is 6.92 Å². The lowest BCUT2D eigenvalue weighted by Crippen LogP contribution is -1.98. The van der Waals surface area contributed by atoms with Gasteiger partial charge >= 0.3 is 0 Å². The molecule has 2 rings (SSSR count). The molecular weight excluding hydrogens is 240 g/mol. The lowest BCUT2D eigenvalue weighted by atomic mass is 9.95. The Hall–Kier alpha value is -2.29. The van der Waals surface area contributed by atoms with E-state index in [9.17, 15) is 4.79 Å². The number of carbonyl (C=O) groups is 1. The fourth-order valence-corrected chi connectivity index (χ4v) is 2.18. The zero-order chi connectivity index (χ0) is 13.8. The van der Waals surface area contributed by atoms with E-state index in [1.165, 1.54) is 7.11 Å². The Balaban J connectivity index is 2.72. The first-order chi connectivity index (χ1) is 9.22. The van der Waals surface area contributed by atoms with E-state index in [4.69, 9.17) is 9.47 Å². The van der Waals surface area contributed by atoms with E-state index in [1.807, 2.05) is 43.3 Å². The largest absolute Gasteiger partial charge is 0.493 e. The first-order valence-electron chi connectivity index (χ1n) is 5.99. The predicted molar refractivity (Wildman–Crippen MR) is 75.1 cm³/mol. The van der Waals surface area contributed by atoms with Crippen molar-refractivity contribution in [2.45, 2.75) is 6.92 Å². The molecule has 3 heteroatoms. The molecule has 0 unspecified atom stereocenters. The van der Waals surface area contributed by atoms with Crippen LogP contribution in [0.25, 0.3) is 11.1 Å². The topological polar surface area (TPSA) is 35.5 Å². The summed E-state index contributed by atoms with van der Waals surface area (Å²) in [6.45, 7) is 2.01. The Bertz CT molecular complexity index is 603. The van der Waals surface area contributed by atoms with E-state index in [2.05, 4.69) is 0 Å². The number of ether oxygens (including phenoxy) is 2. The van der Waals surface area contributed by atoms with Crippen LogP contribution in [-0.4, -0.2) is 20.5 Å².